The zero-order valence-electron chi connectivity index (χ0n) is 20.1. The number of anilines is 2. The van der Waals surface area contributed by atoms with Crippen LogP contribution in [0, 0.1) is 13.8 Å². The molecule has 9 nitrogen and oxygen atoms in total. The molecule has 1 aliphatic rings. The zero-order chi connectivity index (χ0) is 25.2. The van der Waals surface area contributed by atoms with Crippen molar-refractivity contribution in [1.82, 2.24) is 14.7 Å². The minimum Gasteiger partial charge on any atom is -0.367 e. The van der Waals surface area contributed by atoms with Crippen LogP contribution in [0.15, 0.2) is 59.5 Å². The lowest BCUT2D eigenvalue weighted by Gasteiger charge is -2.37. The molecule has 184 valence electrons. The summed E-state index contributed by atoms with van der Waals surface area (Å²) >= 11 is 0. The predicted octanol–water partition coefficient (Wildman–Crippen LogP) is 2.50. The first-order valence-electron chi connectivity index (χ1n) is 11.4. The van der Waals surface area contributed by atoms with Gasteiger partial charge >= 0.3 is 0 Å². The zero-order valence-corrected chi connectivity index (χ0v) is 20.9. The Morgan fingerprint density at radius 2 is 1.69 bits per heavy atom. The molecule has 2 heterocycles. The lowest BCUT2D eigenvalue weighted by molar-refractivity contribution is -0.132. The average Bonchev–Trinajstić information content (AvgIpc) is 3.15. The fourth-order valence-corrected chi connectivity index (χ4v) is 4.87. The van der Waals surface area contributed by atoms with Crippen molar-refractivity contribution in [2.75, 3.05) is 42.7 Å². The van der Waals surface area contributed by atoms with E-state index in [1.165, 1.54) is 12.1 Å². The summed E-state index contributed by atoms with van der Waals surface area (Å²) in [6.45, 7) is 6.33. The Labute approximate surface area is 205 Å². The van der Waals surface area contributed by atoms with Gasteiger partial charge in [-0.2, -0.15) is 5.10 Å². The second kappa shape index (κ2) is 9.91. The molecular formula is C25H29N5O4S. The predicted molar refractivity (Wildman–Crippen MR) is 134 cm³/mol. The Balaban J connectivity index is 1.43. The minimum atomic E-state index is -3.38. The third-order valence-electron chi connectivity index (χ3n) is 6.03. The molecule has 0 aliphatic carbocycles. The summed E-state index contributed by atoms with van der Waals surface area (Å²) in [7, 11) is -3.38. The van der Waals surface area contributed by atoms with E-state index in [4.69, 9.17) is 0 Å². The number of hydrogen-bond donors (Lipinski definition) is 1. The molecule has 0 bridgehead atoms. The van der Waals surface area contributed by atoms with Crippen LogP contribution < -0.4 is 10.2 Å². The van der Waals surface area contributed by atoms with Gasteiger partial charge in [-0.15, -0.1) is 0 Å². The van der Waals surface area contributed by atoms with Crippen LogP contribution in [0.1, 0.15) is 21.7 Å². The van der Waals surface area contributed by atoms with E-state index >= 15 is 0 Å². The molecule has 0 unspecified atom stereocenters. The number of piperazine rings is 1. The summed E-state index contributed by atoms with van der Waals surface area (Å²) in [6.07, 6.45) is 1.13. The molecule has 4 rings (SSSR count). The number of benzene rings is 2. The maximum atomic E-state index is 13.1. The number of hydrogen-bond acceptors (Lipinski definition) is 6. The molecule has 0 radical (unpaired) electrons. The molecule has 1 fully saturated rings. The second-order valence-corrected chi connectivity index (χ2v) is 10.7. The lowest BCUT2D eigenvalue weighted by Crippen LogP contribution is -2.50. The third-order valence-corrected chi connectivity index (χ3v) is 7.14. The van der Waals surface area contributed by atoms with E-state index in [0.717, 1.165) is 23.3 Å². The molecule has 0 spiro atoms. The van der Waals surface area contributed by atoms with Crippen molar-refractivity contribution in [2.45, 2.75) is 25.3 Å². The third kappa shape index (κ3) is 5.71. The number of aryl methyl sites for hydroxylation is 2. The highest BCUT2D eigenvalue weighted by atomic mass is 32.2. The van der Waals surface area contributed by atoms with Gasteiger partial charge in [-0.3, -0.25) is 14.3 Å². The van der Waals surface area contributed by atoms with Gasteiger partial charge in [0.2, 0.25) is 5.91 Å². The molecule has 1 aromatic heterocycles. The molecule has 2 amide bonds. The first-order chi connectivity index (χ1) is 16.6. The van der Waals surface area contributed by atoms with E-state index < -0.39 is 9.84 Å². The quantitative estimate of drug-likeness (QED) is 0.564. The van der Waals surface area contributed by atoms with Crippen LogP contribution in [0.2, 0.25) is 0 Å². The van der Waals surface area contributed by atoms with Crippen LogP contribution in [0.4, 0.5) is 11.4 Å². The van der Waals surface area contributed by atoms with E-state index in [9.17, 15) is 18.0 Å². The van der Waals surface area contributed by atoms with Gasteiger partial charge in [-0.1, -0.05) is 18.2 Å². The van der Waals surface area contributed by atoms with Crippen molar-refractivity contribution in [1.29, 1.82) is 0 Å². The first-order valence-corrected chi connectivity index (χ1v) is 13.3. The molecule has 1 saturated heterocycles. The van der Waals surface area contributed by atoms with Gasteiger partial charge in [0.1, 0.15) is 6.54 Å². The number of sulfone groups is 1. The standard InChI is InChI=1S/C25H29N5O4S/c1-18-15-19(2)30(27-18)17-24(31)29-13-11-28(12-14-29)23-10-5-4-9-22(23)25(32)26-20-7-6-8-21(16-20)35(3,33)34/h4-10,15-16H,11-14,17H2,1-3H3,(H,26,32). The fraction of sp³-hybridized carbons (Fsp3) is 0.320. The van der Waals surface area contributed by atoms with Crippen LogP contribution in [0.3, 0.4) is 0 Å². The summed E-state index contributed by atoms with van der Waals surface area (Å²) < 4.78 is 25.4. The van der Waals surface area contributed by atoms with Crippen molar-refractivity contribution < 1.29 is 18.0 Å². The van der Waals surface area contributed by atoms with Crippen LogP contribution in [-0.4, -0.2) is 67.3 Å². The van der Waals surface area contributed by atoms with Gasteiger partial charge in [0.15, 0.2) is 9.84 Å². The van der Waals surface area contributed by atoms with Crippen LogP contribution >= 0.6 is 0 Å². The molecule has 0 saturated carbocycles. The summed E-state index contributed by atoms with van der Waals surface area (Å²) in [5, 5.41) is 7.18. The number of aromatic nitrogens is 2. The van der Waals surface area contributed by atoms with Crippen molar-refractivity contribution in [3.63, 3.8) is 0 Å². The monoisotopic (exact) mass is 495 g/mol. The summed E-state index contributed by atoms with van der Waals surface area (Å²) in [5.74, 6) is -0.304. The number of rotatable bonds is 6. The van der Waals surface area contributed by atoms with Gasteiger partial charge in [0, 0.05) is 49.5 Å². The highest BCUT2D eigenvalue weighted by Gasteiger charge is 2.24. The number of nitrogens with zero attached hydrogens (tertiary/aromatic N) is 4. The lowest BCUT2D eigenvalue weighted by atomic mass is 10.1. The normalized spacial score (nSPS) is 14.1. The van der Waals surface area contributed by atoms with Crippen molar-refractivity contribution in [3.8, 4) is 0 Å². The Bertz CT molecular complexity index is 1360. The second-order valence-electron chi connectivity index (χ2n) is 8.72. The van der Waals surface area contributed by atoms with E-state index in [1.807, 2.05) is 36.9 Å². The molecule has 10 heteroatoms. The fourth-order valence-electron chi connectivity index (χ4n) is 4.20. The number of nitrogens with one attached hydrogen (secondary N) is 1. The van der Waals surface area contributed by atoms with Gasteiger partial charge in [-0.05, 0) is 50.2 Å². The van der Waals surface area contributed by atoms with Crippen LogP contribution in [-0.2, 0) is 21.2 Å². The van der Waals surface area contributed by atoms with E-state index in [0.29, 0.717) is 37.4 Å². The highest BCUT2D eigenvalue weighted by Crippen LogP contribution is 2.24. The Kier molecular flexibility index (Phi) is 6.93. The van der Waals surface area contributed by atoms with Gasteiger partial charge in [0.05, 0.1) is 16.2 Å². The SMILES string of the molecule is Cc1cc(C)n(CC(=O)N2CCN(c3ccccc3C(=O)Nc3cccc(S(C)(=O)=O)c3)CC2)n1. The minimum absolute atomic E-state index is 0.0210. The first kappa shape index (κ1) is 24.5. The molecule has 3 aromatic rings. The number of amides is 2. The highest BCUT2D eigenvalue weighted by molar-refractivity contribution is 7.90. The smallest absolute Gasteiger partial charge is 0.257 e. The van der Waals surface area contributed by atoms with Crippen LogP contribution in [0.25, 0.3) is 0 Å². The Morgan fingerprint density at radius 3 is 2.34 bits per heavy atom. The summed E-state index contributed by atoms with van der Waals surface area (Å²) in [5.41, 5.74) is 3.51. The van der Waals surface area contributed by atoms with E-state index in [1.54, 1.807) is 28.9 Å². The van der Waals surface area contributed by atoms with Gasteiger partial charge in [0.25, 0.3) is 5.91 Å². The topological polar surface area (TPSA) is 105 Å². The van der Waals surface area contributed by atoms with Gasteiger partial charge in [-0.25, -0.2) is 8.42 Å². The average molecular weight is 496 g/mol. The maximum absolute atomic E-state index is 13.1. The van der Waals surface area contributed by atoms with Crippen molar-refractivity contribution in [3.05, 3.63) is 71.5 Å². The molecule has 35 heavy (non-hydrogen) atoms. The van der Waals surface area contributed by atoms with E-state index in [-0.39, 0.29) is 23.3 Å². The molecule has 1 N–H and O–H groups in total. The summed E-state index contributed by atoms with van der Waals surface area (Å²) in [6, 6.07) is 15.4. The molecular weight excluding hydrogens is 466 g/mol. The largest absolute Gasteiger partial charge is 0.367 e. The molecule has 0 atom stereocenters. The number of carbonyl (C=O) groups excluding carboxylic acids is 2. The maximum Gasteiger partial charge on any atom is 0.257 e. The van der Waals surface area contributed by atoms with Crippen molar-refractivity contribution in [2.24, 2.45) is 0 Å². The summed E-state index contributed by atoms with van der Waals surface area (Å²) in [4.78, 5) is 29.9. The van der Waals surface area contributed by atoms with Gasteiger partial charge < -0.3 is 15.1 Å². The number of carbonyl (C=O) groups is 2. The number of para-hydroxylation sites is 1. The Hall–Kier alpha value is -3.66. The molecule has 2 aromatic carbocycles. The Morgan fingerprint density at radius 1 is 0.971 bits per heavy atom. The van der Waals surface area contributed by atoms with Crippen LogP contribution in [0.5, 0.6) is 0 Å². The van der Waals surface area contributed by atoms with Crippen molar-refractivity contribution >= 4 is 33.0 Å². The van der Waals surface area contributed by atoms with E-state index in [2.05, 4.69) is 15.3 Å². The molecule has 1 aliphatic heterocycles.